The summed E-state index contributed by atoms with van der Waals surface area (Å²) in [5.74, 6) is -0.509. The summed E-state index contributed by atoms with van der Waals surface area (Å²) in [6.45, 7) is 2.87. The Labute approximate surface area is 154 Å². The SMILES string of the molecule is Cc1ccc(S(=O)(=O)O[C@@H](C(=O)c2ccccc2)C2CCOCC2)cc1. The van der Waals surface area contributed by atoms with E-state index in [1.54, 1.807) is 36.4 Å². The van der Waals surface area contributed by atoms with E-state index in [0.717, 1.165) is 5.56 Å². The molecule has 0 amide bonds. The number of carbonyl (C=O) groups is 1. The van der Waals surface area contributed by atoms with E-state index in [9.17, 15) is 13.2 Å². The molecule has 0 radical (unpaired) electrons. The predicted molar refractivity (Wildman–Crippen MR) is 97.6 cm³/mol. The maximum Gasteiger partial charge on any atom is 0.297 e. The standard InChI is InChI=1S/C20H22O5S/c1-15-7-9-18(10-8-15)26(22,23)25-20(17-11-13-24-14-12-17)19(21)16-5-3-2-4-6-16/h2-10,17,20H,11-14H2,1H3/t20-/m1/s1. The van der Waals surface area contributed by atoms with Crippen molar-refractivity contribution in [3.63, 3.8) is 0 Å². The number of carbonyl (C=O) groups excluding carboxylic acids is 1. The van der Waals surface area contributed by atoms with Crippen molar-refractivity contribution in [3.05, 3.63) is 65.7 Å². The Morgan fingerprint density at radius 2 is 1.65 bits per heavy atom. The molecule has 0 saturated carbocycles. The lowest BCUT2D eigenvalue weighted by Crippen LogP contribution is -2.37. The Hall–Kier alpha value is -2.02. The number of ether oxygens (including phenoxy) is 1. The molecule has 1 atom stereocenters. The molecule has 0 spiro atoms. The largest absolute Gasteiger partial charge is 0.381 e. The first-order valence-corrected chi connectivity index (χ1v) is 10.1. The van der Waals surface area contributed by atoms with Gasteiger partial charge in [-0.25, -0.2) is 0 Å². The molecule has 138 valence electrons. The zero-order chi connectivity index (χ0) is 18.6. The molecule has 26 heavy (non-hydrogen) atoms. The van der Waals surface area contributed by atoms with Crippen LogP contribution in [0.15, 0.2) is 59.5 Å². The van der Waals surface area contributed by atoms with Crippen molar-refractivity contribution in [1.82, 2.24) is 0 Å². The molecule has 1 fully saturated rings. The summed E-state index contributed by atoms with van der Waals surface area (Å²) in [6, 6.07) is 15.1. The van der Waals surface area contributed by atoms with Crippen LogP contribution < -0.4 is 0 Å². The van der Waals surface area contributed by atoms with Gasteiger partial charge in [0.25, 0.3) is 10.1 Å². The van der Waals surface area contributed by atoms with Crippen LogP contribution in [0.3, 0.4) is 0 Å². The minimum atomic E-state index is -4.04. The second-order valence-electron chi connectivity index (χ2n) is 6.46. The first-order chi connectivity index (χ1) is 12.5. The van der Waals surface area contributed by atoms with E-state index >= 15 is 0 Å². The van der Waals surface area contributed by atoms with Gasteiger partial charge in [-0.15, -0.1) is 0 Å². The van der Waals surface area contributed by atoms with Crippen molar-refractivity contribution in [2.45, 2.75) is 30.8 Å². The summed E-state index contributed by atoms with van der Waals surface area (Å²) in [5, 5.41) is 0. The van der Waals surface area contributed by atoms with Crippen LogP contribution in [-0.4, -0.2) is 33.5 Å². The van der Waals surface area contributed by atoms with Gasteiger partial charge in [-0.05, 0) is 37.8 Å². The monoisotopic (exact) mass is 374 g/mol. The van der Waals surface area contributed by atoms with E-state index in [-0.39, 0.29) is 16.6 Å². The molecule has 5 nitrogen and oxygen atoms in total. The lowest BCUT2D eigenvalue weighted by molar-refractivity contribution is 0.0208. The minimum absolute atomic E-state index is 0.0565. The van der Waals surface area contributed by atoms with Gasteiger partial charge < -0.3 is 4.74 Å². The highest BCUT2D eigenvalue weighted by atomic mass is 32.2. The van der Waals surface area contributed by atoms with Crippen LogP contribution in [0.2, 0.25) is 0 Å². The van der Waals surface area contributed by atoms with Gasteiger partial charge in [0.1, 0.15) is 6.10 Å². The van der Waals surface area contributed by atoms with E-state index in [2.05, 4.69) is 0 Å². The molecule has 0 bridgehead atoms. The number of Topliss-reactive ketones (excluding diaryl/α,β-unsaturated/α-hetero) is 1. The Kier molecular flexibility index (Phi) is 5.86. The van der Waals surface area contributed by atoms with Gasteiger partial charge in [-0.3, -0.25) is 8.98 Å². The van der Waals surface area contributed by atoms with Crippen LogP contribution >= 0.6 is 0 Å². The predicted octanol–water partition coefficient (Wildman–Crippen LogP) is 3.38. The fourth-order valence-corrected chi connectivity index (χ4v) is 4.12. The van der Waals surface area contributed by atoms with Crippen LogP contribution in [0.1, 0.15) is 28.8 Å². The van der Waals surface area contributed by atoms with Crippen LogP contribution in [-0.2, 0) is 19.0 Å². The fourth-order valence-electron chi connectivity index (χ4n) is 3.02. The summed E-state index contributed by atoms with van der Waals surface area (Å²) in [4.78, 5) is 13.0. The van der Waals surface area contributed by atoms with Crippen LogP contribution in [0, 0.1) is 12.8 Å². The number of rotatable bonds is 6. The third-order valence-electron chi connectivity index (χ3n) is 4.55. The fraction of sp³-hybridized carbons (Fsp3) is 0.350. The molecule has 3 rings (SSSR count). The van der Waals surface area contributed by atoms with Gasteiger partial charge >= 0.3 is 0 Å². The van der Waals surface area contributed by atoms with Crippen molar-refractivity contribution in [1.29, 1.82) is 0 Å². The van der Waals surface area contributed by atoms with Crippen LogP contribution in [0.5, 0.6) is 0 Å². The molecule has 0 aromatic heterocycles. The normalized spacial score (nSPS) is 17.0. The zero-order valence-corrected chi connectivity index (χ0v) is 15.4. The molecule has 1 heterocycles. The van der Waals surface area contributed by atoms with E-state index in [0.29, 0.717) is 31.6 Å². The van der Waals surface area contributed by atoms with Crippen molar-refractivity contribution in [3.8, 4) is 0 Å². The van der Waals surface area contributed by atoms with E-state index in [1.165, 1.54) is 12.1 Å². The molecule has 1 saturated heterocycles. The Bertz CT molecular complexity index is 838. The highest BCUT2D eigenvalue weighted by molar-refractivity contribution is 7.86. The first kappa shape index (κ1) is 18.8. The van der Waals surface area contributed by atoms with Gasteiger partial charge in [-0.1, -0.05) is 48.0 Å². The molecule has 6 heteroatoms. The molecule has 0 N–H and O–H groups in total. The number of hydrogen-bond acceptors (Lipinski definition) is 5. The van der Waals surface area contributed by atoms with Crippen molar-refractivity contribution in [2.24, 2.45) is 5.92 Å². The van der Waals surface area contributed by atoms with Crippen molar-refractivity contribution < 1.29 is 22.1 Å². The zero-order valence-electron chi connectivity index (χ0n) is 14.6. The third-order valence-corrected chi connectivity index (χ3v) is 5.86. The number of hydrogen-bond donors (Lipinski definition) is 0. The maximum absolute atomic E-state index is 13.0. The van der Waals surface area contributed by atoms with Gasteiger partial charge in [0.2, 0.25) is 0 Å². The number of benzene rings is 2. The topological polar surface area (TPSA) is 69.7 Å². The van der Waals surface area contributed by atoms with E-state index < -0.39 is 16.2 Å². The Morgan fingerprint density at radius 3 is 2.27 bits per heavy atom. The molecule has 2 aromatic carbocycles. The second kappa shape index (κ2) is 8.12. The van der Waals surface area contributed by atoms with Crippen LogP contribution in [0.4, 0.5) is 0 Å². The average molecular weight is 374 g/mol. The molecular weight excluding hydrogens is 352 g/mol. The highest BCUT2D eigenvalue weighted by Crippen LogP contribution is 2.27. The maximum atomic E-state index is 13.0. The van der Waals surface area contributed by atoms with Gasteiger partial charge in [0, 0.05) is 18.8 Å². The summed E-state index contributed by atoms with van der Waals surface area (Å²) in [7, 11) is -4.04. The second-order valence-corrected chi connectivity index (χ2v) is 8.04. The summed E-state index contributed by atoms with van der Waals surface area (Å²) in [6.07, 6.45) is 0.131. The van der Waals surface area contributed by atoms with E-state index in [4.69, 9.17) is 8.92 Å². The number of ketones is 1. The average Bonchev–Trinajstić information content (AvgIpc) is 2.67. The van der Waals surface area contributed by atoms with Crippen molar-refractivity contribution in [2.75, 3.05) is 13.2 Å². The smallest absolute Gasteiger partial charge is 0.297 e. The molecule has 0 unspecified atom stereocenters. The molecular formula is C20H22O5S. The number of aryl methyl sites for hydroxylation is 1. The van der Waals surface area contributed by atoms with Gasteiger partial charge in [-0.2, -0.15) is 8.42 Å². The molecule has 2 aromatic rings. The summed E-state index contributed by atoms with van der Waals surface area (Å²) < 4.78 is 36.3. The first-order valence-electron chi connectivity index (χ1n) is 8.64. The van der Waals surface area contributed by atoms with E-state index in [1.807, 2.05) is 13.0 Å². The lowest BCUT2D eigenvalue weighted by Gasteiger charge is -2.28. The molecule has 0 aliphatic carbocycles. The minimum Gasteiger partial charge on any atom is -0.381 e. The Morgan fingerprint density at radius 1 is 1.04 bits per heavy atom. The summed E-state index contributed by atoms with van der Waals surface area (Å²) in [5.41, 5.74) is 1.40. The molecule has 1 aliphatic rings. The van der Waals surface area contributed by atoms with Crippen LogP contribution in [0.25, 0.3) is 0 Å². The van der Waals surface area contributed by atoms with Gasteiger partial charge in [0.15, 0.2) is 5.78 Å². The Balaban J connectivity index is 1.90. The van der Waals surface area contributed by atoms with Gasteiger partial charge in [0.05, 0.1) is 4.90 Å². The highest BCUT2D eigenvalue weighted by Gasteiger charge is 2.35. The summed E-state index contributed by atoms with van der Waals surface area (Å²) >= 11 is 0. The van der Waals surface area contributed by atoms with Crippen molar-refractivity contribution >= 4 is 15.9 Å². The quantitative estimate of drug-likeness (QED) is 0.573. The molecule has 1 aliphatic heterocycles. The third kappa shape index (κ3) is 4.38. The lowest BCUT2D eigenvalue weighted by atomic mass is 9.89.